The van der Waals surface area contributed by atoms with E-state index in [1.165, 1.54) is 7.11 Å². The molecule has 25 heavy (non-hydrogen) atoms. The lowest BCUT2D eigenvalue weighted by Crippen LogP contribution is -2.14. The highest BCUT2D eigenvalue weighted by atomic mass is 35.5. The van der Waals surface area contributed by atoms with E-state index < -0.39 is 5.91 Å². The van der Waals surface area contributed by atoms with Crippen LogP contribution in [0.15, 0.2) is 47.1 Å². The van der Waals surface area contributed by atoms with Gasteiger partial charge in [-0.05, 0) is 37.3 Å². The highest BCUT2D eigenvalue weighted by molar-refractivity contribution is 6.31. The lowest BCUT2D eigenvalue weighted by atomic mass is 10.1. The van der Waals surface area contributed by atoms with Gasteiger partial charge in [0.05, 0.1) is 12.8 Å². The molecule has 6 nitrogen and oxygen atoms in total. The Bertz CT molecular complexity index is 968. The van der Waals surface area contributed by atoms with Gasteiger partial charge in [0, 0.05) is 17.4 Å². The maximum Gasteiger partial charge on any atom is 0.260 e. The van der Waals surface area contributed by atoms with Gasteiger partial charge >= 0.3 is 0 Å². The molecule has 126 valence electrons. The molecule has 0 fully saturated rings. The van der Waals surface area contributed by atoms with Crippen molar-refractivity contribution in [2.45, 2.75) is 6.92 Å². The summed E-state index contributed by atoms with van der Waals surface area (Å²) in [5.41, 5.74) is 0.743. The molecule has 1 amide bonds. The first-order chi connectivity index (χ1) is 12.0. The number of nitrogens with one attached hydrogen (secondary N) is 1. The van der Waals surface area contributed by atoms with E-state index in [2.05, 4.69) is 5.32 Å². The summed E-state index contributed by atoms with van der Waals surface area (Å²) in [6.07, 6.45) is 3.47. The molecule has 3 rings (SSSR count). The molecule has 0 radical (unpaired) electrons. The van der Waals surface area contributed by atoms with Gasteiger partial charge in [0.1, 0.15) is 28.7 Å². The summed E-state index contributed by atoms with van der Waals surface area (Å²) in [5, 5.41) is 12.7. The number of nitrogens with zero attached hydrogens (tertiary/aromatic N) is 2. The predicted octanol–water partition coefficient (Wildman–Crippen LogP) is 4.16. The minimum atomic E-state index is -0.475. The van der Waals surface area contributed by atoms with Gasteiger partial charge in [-0.1, -0.05) is 11.6 Å². The minimum absolute atomic E-state index is 0.159. The van der Waals surface area contributed by atoms with Gasteiger partial charge in [-0.25, -0.2) is 0 Å². The number of amides is 1. The predicted molar refractivity (Wildman–Crippen MR) is 93.4 cm³/mol. The van der Waals surface area contributed by atoms with Crippen LogP contribution in [0.25, 0.3) is 5.88 Å². The number of carbonyl (C=O) groups excluding carboxylic acids is 1. The van der Waals surface area contributed by atoms with Crippen LogP contribution >= 0.6 is 11.6 Å². The minimum Gasteiger partial charge on any atom is -0.495 e. The molecule has 0 aliphatic heterocycles. The van der Waals surface area contributed by atoms with Crippen molar-refractivity contribution < 1.29 is 13.9 Å². The standard InChI is InChI=1S/C18H14ClN3O3/c1-11-16(13(10-20)18(25-11)22-7-3-4-8-22)17(23)21-14-9-12(19)5-6-15(14)24-2/h3-9H,1-2H3,(H,21,23). The number of furan rings is 1. The summed E-state index contributed by atoms with van der Waals surface area (Å²) in [7, 11) is 1.49. The number of carbonyl (C=O) groups is 1. The number of hydrogen-bond acceptors (Lipinski definition) is 4. The van der Waals surface area contributed by atoms with Crippen molar-refractivity contribution in [3.8, 4) is 17.7 Å². The lowest BCUT2D eigenvalue weighted by Gasteiger charge is -2.10. The maximum atomic E-state index is 12.7. The molecule has 0 saturated carbocycles. The SMILES string of the molecule is COc1ccc(Cl)cc1NC(=O)c1c(C)oc(-n2cccc2)c1C#N. The summed E-state index contributed by atoms with van der Waals surface area (Å²) in [6, 6.07) is 10.5. The van der Waals surface area contributed by atoms with Gasteiger partial charge < -0.3 is 14.5 Å². The van der Waals surface area contributed by atoms with E-state index in [0.717, 1.165) is 0 Å². The van der Waals surface area contributed by atoms with Gasteiger partial charge in [-0.2, -0.15) is 5.26 Å². The number of halogens is 1. The monoisotopic (exact) mass is 355 g/mol. The third-order valence-electron chi connectivity index (χ3n) is 3.65. The van der Waals surface area contributed by atoms with Gasteiger partial charge in [-0.15, -0.1) is 0 Å². The Morgan fingerprint density at radius 1 is 1.36 bits per heavy atom. The normalized spacial score (nSPS) is 10.3. The average molecular weight is 356 g/mol. The Morgan fingerprint density at radius 3 is 2.72 bits per heavy atom. The Balaban J connectivity index is 2.01. The van der Waals surface area contributed by atoms with Crippen molar-refractivity contribution >= 4 is 23.2 Å². The van der Waals surface area contributed by atoms with Gasteiger partial charge in [0.25, 0.3) is 5.91 Å². The molecular weight excluding hydrogens is 342 g/mol. The first-order valence-corrected chi connectivity index (χ1v) is 7.74. The number of benzene rings is 1. The zero-order valence-electron chi connectivity index (χ0n) is 13.5. The third kappa shape index (κ3) is 3.10. The largest absolute Gasteiger partial charge is 0.495 e. The fourth-order valence-electron chi connectivity index (χ4n) is 2.52. The lowest BCUT2D eigenvalue weighted by molar-refractivity contribution is 0.102. The van der Waals surface area contributed by atoms with Crippen molar-refractivity contribution in [1.29, 1.82) is 5.26 Å². The quantitative estimate of drug-likeness (QED) is 0.761. The van der Waals surface area contributed by atoms with E-state index in [9.17, 15) is 10.1 Å². The van der Waals surface area contributed by atoms with Crippen LogP contribution in [0.4, 0.5) is 5.69 Å². The second-order valence-corrected chi connectivity index (χ2v) is 5.65. The number of ether oxygens (including phenoxy) is 1. The number of rotatable bonds is 4. The molecule has 7 heteroatoms. The summed E-state index contributed by atoms with van der Waals surface area (Å²) < 4.78 is 12.5. The molecular formula is C18H14ClN3O3. The summed E-state index contributed by atoms with van der Waals surface area (Å²) >= 11 is 5.98. The Morgan fingerprint density at radius 2 is 2.08 bits per heavy atom. The van der Waals surface area contributed by atoms with Crippen LogP contribution in [-0.2, 0) is 0 Å². The molecule has 0 aliphatic rings. The van der Waals surface area contributed by atoms with Crippen molar-refractivity contribution in [2.75, 3.05) is 12.4 Å². The number of methoxy groups -OCH3 is 1. The van der Waals surface area contributed by atoms with E-state index in [1.54, 1.807) is 54.2 Å². The molecule has 0 atom stereocenters. The Hall–Kier alpha value is -3.17. The molecule has 1 aromatic carbocycles. The van der Waals surface area contributed by atoms with E-state index >= 15 is 0 Å². The number of anilines is 1. The van der Waals surface area contributed by atoms with Crippen LogP contribution in [0.5, 0.6) is 5.75 Å². The van der Waals surface area contributed by atoms with Crippen molar-refractivity contribution in [3.63, 3.8) is 0 Å². The van der Waals surface area contributed by atoms with E-state index in [4.69, 9.17) is 20.8 Å². The van der Waals surface area contributed by atoms with Crippen LogP contribution in [0.2, 0.25) is 5.02 Å². The fourth-order valence-corrected chi connectivity index (χ4v) is 2.69. The summed E-state index contributed by atoms with van der Waals surface area (Å²) in [4.78, 5) is 12.7. The van der Waals surface area contributed by atoms with Gasteiger partial charge in [-0.3, -0.25) is 9.36 Å². The second kappa shape index (κ2) is 6.75. The van der Waals surface area contributed by atoms with Crippen LogP contribution in [0.3, 0.4) is 0 Å². The number of aryl methyl sites for hydroxylation is 1. The van der Waals surface area contributed by atoms with Crippen molar-refractivity contribution in [3.05, 3.63) is 64.6 Å². The van der Waals surface area contributed by atoms with E-state index in [0.29, 0.717) is 28.1 Å². The molecule has 1 N–H and O–H groups in total. The average Bonchev–Trinajstić information content (AvgIpc) is 3.22. The first kappa shape index (κ1) is 16.7. The molecule has 0 saturated heterocycles. The zero-order chi connectivity index (χ0) is 18.0. The zero-order valence-corrected chi connectivity index (χ0v) is 14.3. The van der Waals surface area contributed by atoms with Crippen LogP contribution in [0, 0.1) is 18.3 Å². The van der Waals surface area contributed by atoms with Crippen LogP contribution in [0.1, 0.15) is 21.7 Å². The van der Waals surface area contributed by atoms with Gasteiger partial charge in [0.2, 0.25) is 5.88 Å². The first-order valence-electron chi connectivity index (χ1n) is 7.37. The highest BCUT2D eigenvalue weighted by Crippen LogP contribution is 2.30. The smallest absolute Gasteiger partial charge is 0.260 e. The number of nitriles is 1. The number of hydrogen-bond donors (Lipinski definition) is 1. The fraction of sp³-hybridized carbons (Fsp3) is 0.111. The molecule has 0 aliphatic carbocycles. The van der Waals surface area contributed by atoms with Crippen molar-refractivity contribution in [1.82, 2.24) is 4.57 Å². The van der Waals surface area contributed by atoms with Crippen molar-refractivity contribution in [2.24, 2.45) is 0 Å². The highest BCUT2D eigenvalue weighted by Gasteiger charge is 2.25. The van der Waals surface area contributed by atoms with E-state index in [-0.39, 0.29) is 11.1 Å². The Labute approximate surface area is 149 Å². The van der Waals surface area contributed by atoms with Crippen LogP contribution in [-0.4, -0.2) is 17.6 Å². The number of aromatic nitrogens is 1. The molecule has 2 aromatic heterocycles. The molecule has 2 heterocycles. The van der Waals surface area contributed by atoms with Crippen LogP contribution < -0.4 is 10.1 Å². The molecule has 0 spiro atoms. The molecule has 0 unspecified atom stereocenters. The second-order valence-electron chi connectivity index (χ2n) is 5.21. The van der Waals surface area contributed by atoms with E-state index in [1.807, 2.05) is 6.07 Å². The molecule has 3 aromatic rings. The summed E-state index contributed by atoms with van der Waals surface area (Å²) in [6.45, 7) is 1.64. The Kier molecular flexibility index (Phi) is 4.50. The third-order valence-corrected chi connectivity index (χ3v) is 3.89. The topological polar surface area (TPSA) is 80.2 Å². The maximum absolute atomic E-state index is 12.7. The molecule has 0 bridgehead atoms. The summed E-state index contributed by atoms with van der Waals surface area (Å²) in [5.74, 6) is 0.631. The van der Waals surface area contributed by atoms with Gasteiger partial charge in [0.15, 0.2) is 0 Å².